The molecule has 3 aromatic rings. The molecule has 0 aliphatic heterocycles. The summed E-state index contributed by atoms with van der Waals surface area (Å²) >= 11 is 0. The normalized spacial score (nSPS) is 15.2. The van der Waals surface area contributed by atoms with E-state index >= 15 is 4.79 Å². The molecule has 1 heterocycles. The number of unbranched alkanes of at least 4 members (excludes halogenated alkanes) is 2. The quantitative estimate of drug-likeness (QED) is 0.0219. The number of nitrogens with one attached hydrogen (secondary N) is 7. The first-order valence-corrected chi connectivity index (χ1v) is 41.5. The number of carbonyl (C=O) groups is 13. The fourth-order valence-corrected chi connectivity index (χ4v) is 14.1. The lowest BCUT2D eigenvalue weighted by molar-refractivity contribution is -0.137. The average Bonchev–Trinajstić information content (AvgIpc) is 1.65. The number of Topliss-reactive ketones (excluding diaryl/α,β-unsaturated/α-hetero) is 6. The summed E-state index contributed by atoms with van der Waals surface area (Å²) in [5.41, 5.74) is 52.6. The first kappa shape index (κ1) is 102. The number of aliphatic hydroxyl groups is 2. The number of ketones is 6. The molecule has 0 aliphatic carbocycles. The van der Waals surface area contributed by atoms with Crippen molar-refractivity contribution >= 4 is 105 Å². The van der Waals surface area contributed by atoms with Crippen LogP contribution in [0.3, 0.4) is 0 Å². The van der Waals surface area contributed by atoms with Crippen molar-refractivity contribution in [1.82, 2.24) is 36.9 Å². The van der Waals surface area contributed by atoms with Crippen LogP contribution in [0.4, 0.5) is 0 Å². The molecule has 0 bridgehead atoms. The number of nitrogens with two attached hydrogens (primary N) is 9. The Labute approximate surface area is 694 Å². The van der Waals surface area contributed by atoms with Crippen LogP contribution in [0.25, 0.3) is 10.9 Å². The van der Waals surface area contributed by atoms with Gasteiger partial charge in [0.25, 0.3) is 0 Å². The second-order valence-corrected chi connectivity index (χ2v) is 32.4. The average molecular weight is 1650 g/mol. The Hall–Kier alpha value is -10.1. The van der Waals surface area contributed by atoms with Crippen molar-refractivity contribution in [3.05, 3.63) is 71.9 Å². The fraction of sp³-hybridized carbons (Fsp3) is 0.643. The third-order valence-electron chi connectivity index (χ3n) is 20.9. The minimum atomic E-state index is -1.41. The van der Waals surface area contributed by atoms with Crippen LogP contribution in [0.1, 0.15) is 208 Å². The van der Waals surface area contributed by atoms with Gasteiger partial charge >= 0.3 is 0 Å². The van der Waals surface area contributed by atoms with Gasteiger partial charge in [-0.05, 0) is 153 Å². The molecule has 1 aromatic heterocycles. The zero-order valence-corrected chi connectivity index (χ0v) is 70.6. The Bertz CT molecular complexity index is 3810. The van der Waals surface area contributed by atoms with Crippen LogP contribution in [-0.4, -0.2) is 190 Å². The fourth-order valence-electron chi connectivity index (χ4n) is 14.1. The van der Waals surface area contributed by atoms with E-state index < -0.39 is 198 Å². The Balaban J connectivity index is 1.92. The van der Waals surface area contributed by atoms with Gasteiger partial charge in [-0.2, -0.15) is 0 Å². The second-order valence-electron chi connectivity index (χ2n) is 32.4. The van der Waals surface area contributed by atoms with E-state index in [1.165, 1.54) is 27.7 Å². The largest absolute Gasteiger partial charge is 0.393 e. The number of aliphatic imine (C=N–C) groups is 3. The monoisotopic (exact) mass is 1650 g/mol. The number of carbonyl (C=O) groups excluding carboxylic acids is 13. The zero-order chi connectivity index (χ0) is 88.3. The summed E-state index contributed by atoms with van der Waals surface area (Å²) in [6.45, 7) is 15.7. The highest BCUT2D eigenvalue weighted by Gasteiger charge is 2.39. The lowest BCUT2D eigenvalue weighted by atomic mass is 9.87. The molecule has 118 heavy (non-hydrogen) atoms. The van der Waals surface area contributed by atoms with Gasteiger partial charge in [-0.15, -0.1) is 0 Å². The summed E-state index contributed by atoms with van der Waals surface area (Å²) < 4.78 is 0. The van der Waals surface area contributed by atoms with Crippen LogP contribution in [-0.2, 0) is 75.2 Å². The molecule has 1 unspecified atom stereocenters. The molecule has 0 saturated heterocycles. The van der Waals surface area contributed by atoms with Crippen molar-refractivity contribution in [3.63, 3.8) is 0 Å². The standard InChI is InChI=1S/C84H137N19O15/c1-48(2)36-65(103-81(118)62(54(9)105)46-74(111)68(41-60-47-97-63-29-14-13-28-61(60)63)101-76(113)50(5)22-19-33-94-82(88)89)70(107)38-51(6)77(114)100-66(37-49(3)4)73(110)45-59(39-52(7)104)80(117)102-67(40-55-23-11-10-12-24-55)72(109)44-58(26-16-18-32-86)79(116)99-64(30-21-35-96-84(92)93)71(108)43-57(25-15-17-31-85)78(115)98-53(8)69(106)42-56(75(87)112)27-20-34-95-83(90)91/h10-14,23-24,28-29,47-54,56-59,62,64-68,97,104-105H,15-22,25-27,30-46,85-86H2,1-9H3,(H2,87,112)(H,98,115)(H,99,116)(H,100,114)(H,101,113)(H,102,117)(H,103,118)(H4,88,89,94)(H4,90,91,95)(H4,92,93,96)/t50-,51+,52?,53-,54+,56+,57+,58+,59+,62-,64-,65-,66-,67-,68-/m0/s1. The van der Waals surface area contributed by atoms with Gasteiger partial charge in [-0.1, -0.05) is 103 Å². The maximum absolute atomic E-state index is 15.1. The molecule has 34 heteroatoms. The summed E-state index contributed by atoms with van der Waals surface area (Å²) in [5.74, 6) is -16.3. The van der Waals surface area contributed by atoms with E-state index in [4.69, 9.17) is 51.6 Å². The number of aliphatic hydroxyl groups excluding tert-OH is 2. The van der Waals surface area contributed by atoms with Crippen molar-refractivity contribution in [2.24, 2.45) is 120 Å². The van der Waals surface area contributed by atoms with Gasteiger partial charge in [-0.3, -0.25) is 77.3 Å². The molecule has 658 valence electrons. The number of primary amides is 1. The van der Waals surface area contributed by atoms with Gasteiger partial charge in [0.15, 0.2) is 52.6 Å². The minimum absolute atomic E-state index is 0.0154. The number of hydrogen-bond donors (Lipinski definition) is 18. The van der Waals surface area contributed by atoms with Crippen LogP contribution in [0.15, 0.2) is 75.8 Å². The molecule has 15 atom stereocenters. The predicted octanol–water partition coefficient (Wildman–Crippen LogP) is 2.14. The van der Waals surface area contributed by atoms with E-state index in [0.717, 1.165) is 16.5 Å². The van der Waals surface area contributed by atoms with Crippen molar-refractivity contribution in [1.29, 1.82) is 0 Å². The Morgan fingerprint density at radius 2 is 0.805 bits per heavy atom. The van der Waals surface area contributed by atoms with Crippen LogP contribution >= 0.6 is 0 Å². The lowest BCUT2D eigenvalue weighted by Gasteiger charge is -2.28. The van der Waals surface area contributed by atoms with Gasteiger partial charge in [-0.25, -0.2) is 0 Å². The van der Waals surface area contributed by atoms with Crippen molar-refractivity contribution in [2.45, 2.75) is 258 Å². The van der Waals surface area contributed by atoms with Crippen molar-refractivity contribution < 1.29 is 72.5 Å². The van der Waals surface area contributed by atoms with Crippen molar-refractivity contribution in [3.8, 4) is 0 Å². The minimum Gasteiger partial charge on any atom is -0.393 e. The Kier molecular flexibility index (Phi) is 46.8. The number of rotatable bonds is 62. The number of aromatic nitrogens is 1. The van der Waals surface area contributed by atoms with Gasteiger partial charge in [0, 0.05) is 117 Å². The third-order valence-corrected chi connectivity index (χ3v) is 20.9. The number of hydrogen-bond acceptors (Lipinski definition) is 20. The second kappa shape index (κ2) is 54.1. The summed E-state index contributed by atoms with van der Waals surface area (Å²) in [7, 11) is 0. The molecule has 7 amide bonds. The molecule has 34 nitrogen and oxygen atoms in total. The summed E-state index contributed by atoms with van der Waals surface area (Å²) in [4.78, 5) is 201. The first-order chi connectivity index (χ1) is 55.7. The first-order valence-electron chi connectivity index (χ1n) is 41.5. The molecule has 2 aromatic carbocycles. The van der Waals surface area contributed by atoms with Crippen molar-refractivity contribution in [2.75, 3.05) is 32.7 Å². The van der Waals surface area contributed by atoms with E-state index in [2.05, 4.69) is 51.9 Å². The molecule has 0 spiro atoms. The van der Waals surface area contributed by atoms with E-state index in [9.17, 15) is 67.7 Å². The maximum atomic E-state index is 15.1. The highest BCUT2D eigenvalue weighted by molar-refractivity contribution is 6.00. The molecule has 3 rings (SSSR count). The number of fused-ring (bicyclic) bond motifs is 1. The van der Waals surface area contributed by atoms with Gasteiger partial charge < -0.3 is 98.7 Å². The van der Waals surface area contributed by atoms with E-state index in [-0.39, 0.29) is 133 Å². The van der Waals surface area contributed by atoms with E-state index in [1.807, 2.05) is 52.0 Å². The molecule has 0 fully saturated rings. The lowest BCUT2D eigenvalue weighted by Crippen LogP contribution is -2.50. The number of amides is 7. The molecule has 0 aliphatic rings. The van der Waals surface area contributed by atoms with E-state index in [1.54, 1.807) is 43.5 Å². The highest BCUT2D eigenvalue weighted by Crippen LogP contribution is 2.27. The highest BCUT2D eigenvalue weighted by atomic mass is 16.3. The van der Waals surface area contributed by atoms with Gasteiger partial charge in [0.05, 0.1) is 54.4 Å². The molecular formula is C84H137N19O15. The number of aromatic amines is 1. The predicted molar refractivity (Wildman–Crippen MR) is 455 cm³/mol. The molecule has 0 saturated carbocycles. The number of para-hydroxylation sites is 1. The number of benzene rings is 2. The van der Waals surface area contributed by atoms with Crippen LogP contribution in [0.2, 0.25) is 0 Å². The maximum Gasteiger partial charge on any atom is 0.226 e. The van der Waals surface area contributed by atoms with Crippen LogP contribution in [0, 0.1) is 53.3 Å². The topological polar surface area (TPSA) is 622 Å². The smallest absolute Gasteiger partial charge is 0.226 e. The zero-order valence-electron chi connectivity index (χ0n) is 70.6. The van der Waals surface area contributed by atoms with E-state index in [0.29, 0.717) is 50.5 Å². The Morgan fingerprint density at radius 3 is 1.33 bits per heavy atom. The SMILES string of the molecule is CC(C)C[C@H](NC(=O)[C@H](C)CC(=O)[C@H](CC(C)C)NC(=O)[C@@H](CC(=O)[C@H](Cc1c[nH]c2ccccc12)NC(=O)[C@@H](C)CCCN=C(N)N)[C@@H](C)O)C(=O)C[C@@H](CC(C)O)C(=O)N[C@@H](Cc1ccccc1)C(=O)C[C@@H](CCCCN)C(=O)N[C@@H](CCCN=C(N)N)C(=O)C[C@@H](CCCCN)C(=O)N[C@@H](C)C(=O)C[C@@H](CCCN=C(N)N)C(N)=O. The van der Waals surface area contributed by atoms with Crippen LogP contribution in [0.5, 0.6) is 0 Å². The van der Waals surface area contributed by atoms with Gasteiger partial charge in [0.2, 0.25) is 41.4 Å². The van der Waals surface area contributed by atoms with Crippen LogP contribution < -0.4 is 83.5 Å². The number of guanidine groups is 3. The Morgan fingerprint density at radius 1 is 0.390 bits per heavy atom. The molecule has 0 radical (unpaired) electrons. The molecule has 27 N–H and O–H groups in total. The number of nitrogens with zero attached hydrogens (tertiary/aromatic N) is 3. The summed E-state index contributed by atoms with van der Waals surface area (Å²) in [5, 5.41) is 39.8. The summed E-state index contributed by atoms with van der Waals surface area (Å²) in [6.07, 6.45) is -0.0623. The van der Waals surface area contributed by atoms with Gasteiger partial charge in [0.1, 0.15) is 0 Å². The summed E-state index contributed by atoms with van der Waals surface area (Å²) in [6, 6.07) is 8.86. The third kappa shape index (κ3) is 39.0. The molecular weight excluding hydrogens is 1520 g/mol. The number of H-pyrrole nitrogens is 1.